The Morgan fingerprint density at radius 2 is 1.57 bits per heavy atom. The summed E-state index contributed by atoms with van der Waals surface area (Å²) < 4.78 is 10.8. The Balaban J connectivity index is 1.52. The second-order valence-corrected chi connectivity index (χ2v) is 9.06. The summed E-state index contributed by atoms with van der Waals surface area (Å²) in [5.41, 5.74) is 5.72. The van der Waals surface area contributed by atoms with E-state index in [1.807, 2.05) is 30.3 Å². The molecule has 2 N–H and O–H groups in total. The maximum atomic E-state index is 13.0. The monoisotopic (exact) mass is 469 g/mol. The first-order chi connectivity index (χ1) is 16.8. The zero-order valence-corrected chi connectivity index (χ0v) is 19.9. The second-order valence-electron chi connectivity index (χ2n) is 9.06. The highest BCUT2D eigenvalue weighted by Crippen LogP contribution is 2.33. The van der Waals surface area contributed by atoms with Crippen LogP contribution in [0.2, 0.25) is 0 Å². The maximum absolute atomic E-state index is 13.0. The molecule has 3 aromatic carbocycles. The van der Waals surface area contributed by atoms with Gasteiger partial charge in [0.05, 0.1) is 6.21 Å². The highest BCUT2D eigenvalue weighted by atomic mass is 16.7. The van der Waals surface area contributed by atoms with Crippen LogP contribution in [0, 0.1) is 0 Å². The highest BCUT2D eigenvalue weighted by molar-refractivity contribution is 6.05. The van der Waals surface area contributed by atoms with Gasteiger partial charge in [-0.05, 0) is 52.4 Å². The molecule has 7 heteroatoms. The Morgan fingerprint density at radius 1 is 0.886 bits per heavy atom. The number of benzene rings is 3. The summed E-state index contributed by atoms with van der Waals surface area (Å²) in [6.07, 6.45) is 3.12. The van der Waals surface area contributed by atoms with Gasteiger partial charge in [0, 0.05) is 5.56 Å². The van der Waals surface area contributed by atoms with Crippen molar-refractivity contribution in [2.75, 3.05) is 6.79 Å². The summed E-state index contributed by atoms with van der Waals surface area (Å²) in [6.45, 7) is 6.59. The van der Waals surface area contributed by atoms with Crippen molar-refractivity contribution < 1.29 is 19.1 Å². The van der Waals surface area contributed by atoms with Crippen LogP contribution in [-0.4, -0.2) is 24.8 Å². The van der Waals surface area contributed by atoms with E-state index >= 15 is 0 Å². The molecule has 1 aliphatic heterocycles. The fourth-order valence-corrected chi connectivity index (χ4v) is 3.41. The molecule has 1 heterocycles. The van der Waals surface area contributed by atoms with Gasteiger partial charge in [-0.25, -0.2) is 5.43 Å². The van der Waals surface area contributed by atoms with Gasteiger partial charge in [-0.1, -0.05) is 69.3 Å². The minimum absolute atomic E-state index is 0.0398. The van der Waals surface area contributed by atoms with E-state index in [-0.39, 0.29) is 17.9 Å². The number of hydrogen-bond acceptors (Lipinski definition) is 5. The van der Waals surface area contributed by atoms with E-state index in [4.69, 9.17) is 9.47 Å². The van der Waals surface area contributed by atoms with Gasteiger partial charge in [0.15, 0.2) is 11.5 Å². The molecule has 0 aromatic heterocycles. The summed E-state index contributed by atoms with van der Waals surface area (Å²) in [7, 11) is 0. The molecule has 0 saturated carbocycles. The predicted molar refractivity (Wildman–Crippen MR) is 135 cm³/mol. The summed E-state index contributed by atoms with van der Waals surface area (Å²) in [5, 5.41) is 6.76. The molecule has 0 fully saturated rings. The molecule has 0 spiro atoms. The lowest BCUT2D eigenvalue weighted by Crippen LogP contribution is -2.32. The van der Waals surface area contributed by atoms with Crippen molar-refractivity contribution in [3.63, 3.8) is 0 Å². The average Bonchev–Trinajstić information content (AvgIpc) is 3.32. The number of fused-ring (bicyclic) bond motifs is 1. The molecule has 0 saturated heterocycles. The van der Waals surface area contributed by atoms with E-state index in [0.29, 0.717) is 22.6 Å². The topological polar surface area (TPSA) is 89.0 Å². The van der Waals surface area contributed by atoms with Crippen LogP contribution in [0.5, 0.6) is 11.5 Å². The number of carbonyl (C=O) groups excluding carboxylic acids is 2. The molecular formula is C28H27N3O4. The van der Waals surface area contributed by atoms with Crippen molar-refractivity contribution in [1.29, 1.82) is 0 Å². The Morgan fingerprint density at radius 3 is 2.29 bits per heavy atom. The van der Waals surface area contributed by atoms with Gasteiger partial charge in [-0.3, -0.25) is 9.59 Å². The number of carbonyl (C=O) groups is 2. The number of hydrogen-bond donors (Lipinski definition) is 2. The van der Waals surface area contributed by atoms with Crippen LogP contribution in [0.25, 0.3) is 6.08 Å². The van der Waals surface area contributed by atoms with E-state index in [2.05, 4.69) is 36.6 Å². The lowest BCUT2D eigenvalue weighted by atomic mass is 9.87. The lowest BCUT2D eigenvalue weighted by Gasteiger charge is -2.18. The third kappa shape index (κ3) is 6.14. The van der Waals surface area contributed by atoms with E-state index in [1.165, 1.54) is 5.56 Å². The van der Waals surface area contributed by atoms with Gasteiger partial charge < -0.3 is 14.8 Å². The average molecular weight is 470 g/mol. The zero-order chi connectivity index (χ0) is 24.8. The number of rotatable bonds is 6. The largest absolute Gasteiger partial charge is 0.454 e. The summed E-state index contributed by atoms with van der Waals surface area (Å²) >= 11 is 0. The minimum Gasteiger partial charge on any atom is -0.454 e. The lowest BCUT2D eigenvalue weighted by molar-refractivity contribution is -0.117. The third-order valence-electron chi connectivity index (χ3n) is 5.39. The van der Waals surface area contributed by atoms with Gasteiger partial charge in [0.1, 0.15) is 5.70 Å². The molecule has 4 rings (SSSR count). The van der Waals surface area contributed by atoms with Crippen LogP contribution in [0.1, 0.15) is 47.8 Å². The van der Waals surface area contributed by atoms with E-state index < -0.39 is 11.8 Å². The molecule has 7 nitrogen and oxygen atoms in total. The minimum atomic E-state index is -0.561. The molecule has 0 radical (unpaired) electrons. The van der Waals surface area contributed by atoms with Crippen LogP contribution in [-0.2, 0) is 10.2 Å². The second kappa shape index (κ2) is 10.3. The molecule has 2 amide bonds. The molecule has 35 heavy (non-hydrogen) atoms. The smallest absolute Gasteiger partial charge is 0.287 e. The Kier molecular flexibility index (Phi) is 6.96. The number of hydrazone groups is 1. The van der Waals surface area contributed by atoms with Crippen LogP contribution in [0.3, 0.4) is 0 Å². The van der Waals surface area contributed by atoms with Crippen LogP contribution in [0.4, 0.5) is 0 Å². The third-order valence-corrected chi connectivity index (χ3v) is 5.39. The number of ether oxygens (including phenoxy) is 2. The molecule has 3 aromatic rings. The standard InChI is InChI=1S/C28H27N3O4/c1-28(2,3)22-12-9-19(10-13-22)17-29-31-27(33)23(30-26(32)21-7-5-4-6-8-21)15-20-11-14-24-25(16-20)35-18-34-24/h4-17H,18H2,1-3H3,(H,30,32)(H,31,33)/b23-15+,29-17-. The van der Waals surface area contributed by atoms with Gasteiger partial charge >= 0.3 is 0 Å². The summed E-state index contributed by atoms with van der Waals surface area (Å²) in [5.74, 6) is 0.233. The van der Waals surface area contributed by atoms with Crippen LogP contribution < -0.4 is 20.2 Å². The quantitative estimate of drug-likeness (QED) is 0.313. The Bertz CT molecular complexity index is 1270. The molecule has 0 bridgehead atoms. The number of nitrogens with one attached hydrogen (secondary N) is 2. The normalized spacial score (nSPS) is 13.1. The predicted octanol–water partition coefficient (Wildman–Crippen LogP) is 4.63. The molecule has 1 aliphatic rings. The summed E-state index contributed by atoms with van der Waals surface area (Å²) in [4.78, 5) is 25.7. The fourth-order valence-electron chi connectivity index (χ4n) is 3.41. The van der Waals surface area contributed by atoms with Crippen LogP contribution in [0.15, 0.2) is 83.6 Å². The van der Waals surface area contributed by atoms with Gasteiger partial charge in [0.2, 0.25) is 6.79 Å². The van der Waals surface area contributed by atoms with Crippen molar-refractivity contribution in [1.82, 2.24) is 10.7 Å². The Labute approximate surface area is 204 Å². The van der Waals surface area contributed by atoms with Crippen molar-refractivity contribution in [3.8, 4) is 11.5 Å². The van der Waals surface area contributed by atoms with Crippen molar-refractivity contribution >= 4 is 24.1 Å². The molecule has 178 valence electrons. The van der Waals surface area contributed by atoms with Crippen molar-refractivity contribution in [2.24, 2.45) is 5.10 Å². The van der Waals surface area contributed by atoms with Crippen molar-refractivity contribution in [3.05, 3.63) is 101 Å². The van der Waals surface area contributed by atoms with Gasteiger partial charge in [-0.15, -0.1) is 0 Å². The maximum Gasteiger partial charge on any atom is 0.287 e. The molecule has 0 atom stereocenters. The Hall–Kier alpha value is -4.39. The molecule has 0 unspecified atom stereocenters. The van der Waals surface area contributed by atoms with Gasteiger partial charge in [0.25, 0.3) is 11.8 Å². The highest BCUT2D eigenvalue weighted by Gasteiger charge is 2.17. The van der Waals surface area contributed by atoms with Crippen molar-refractivity contribution in [2.45, 2.75) is 26.2 Å². The molecular weight excluding hydrogens is 442 g/mol. The number of nitrogens with zero attached hydrogens (tertiary/aromatic N) is 1. The van der Waals surface area contributed by atoms with E-state index in [1.54, 1.807) is 54.8 Å². The first kappa shape index (κ1) is 23.8. The van der Waals surface area contributed by atoms with Gasteiger partial charge in [-0.2, -0.15) is 5.10 Å². The zero-order valence-electron chi connectivity index (χ0n) is 19.9. The first-order valence-electron chi connectivity index (χ1n) is 11.2. The number of amides is 2. The summed E-state index contributed by atoms with van der Waals surface area (Å²) in [6, 6.07) is 21.9. The first-order valence-corrected chi connectivity index (χ1v) is 11.2. The van der Waals surface area contributed by atoms with E-state index in [9.17, 15) is 9.59 Å². The SMILES string of the molecule is CC(C)(C)c1ccc(/C=N\NC(=O)/C(=C\c2ccc3c(c2)OCO3)NC(=O)c2ccccc2)cc1. The molecule has 0 aliphatic carbocycles. The fraction of sp³-hybridized carbons (Fsp3) is 0.179. The van der Waals surface area contributed by atoms with E-state index in [0.717, 1.165) is 5.56 Å². The van der Waals surface area contributed by atoms with Crippen LogP contribution >= 0.6 is 0 Å².